The maximum absolute atomic E-state index is 11.4. The molecule has 0 aliphatic carbocycles. The van der Waals surface area contributed by atoms with Gasteiger partial charge >= 0.3 is 0 Å². The molecule has 2 N–H and O–H groups in total. The van der Waals surface area contributed by atoms with Crippen molar-refractivity contribution in [2.45, 2.75) is 19.4 Å². The highest BCUT2D eigenvalue weighted by molar-refractivity contribution is 5.77. The van der Waals surface area contributed by atoms with E-state index in [1.54, 1.807) is 6.08 Å². The van der Waals surface area contributed by atoms with Crippen LogP contribution in [0.3, 0.4) is 0 Å². The van der Waals surface area contributed by atoms with Crippen molar-refractivity contribution in [1.29, 1.82) is 0 Å². The van der Waals surface area contributed by atoms with E-state index >= 15 is 0 Å². The first-order chi connectivity index (χ1) is 10.6. The van der Waals surface area contributed by atoms with Gasteiger partial charge in [0.1, 0.15) is 12.4 Å². The van der Waals surface area contributed by atoms with Gasteiger partial charge in [-0.05, 0) is 23.3 Å². The topological polar surface area (TPSA) is 52.3 Å². The molecule has 0 aromatic heterocycles. The van der Waals surface area contributed by atoms with Crippen molar-refractivity contribution in [2.24, 2.45) is 11.7 Å². The van der Waals surface area contributed by atoms with E-state index in [0.717, 1.165) is 16.9 Å². The smallest absolute Gasteiger partial charge is 0.221 e. The molecular weight excluding hydrogens is 274 g/mol. The van der Waals surface area contributed by atoms with E-state index < -0.39 is 0 Å². The average molecular weight is 295 g/mol. The molecule has 0 aliphatic heterocycles. The number of carbonyl (C=O) groups is 1. The molecule has 114 valence electrons. The number of carbonyl (C=O) groups excluding carboxylic acids is 1. The monoisotopic (exact) mass is 295 g/mol. The van der Waals surface area contributed by atoms with Crippen LogP contribution in [0.25, 0.3) is 0 Å². The first kappa shape index (κ1) is 15.8. The summed E-state index contributed by atoms with van der Waals surface area (Å²) in [5.41, 5.74) is 7.49. The van der Waals surface area contributed by atoms with Gasteiger partial charge in [0.15, 0.2) is 0 Å². The van der Waals surface area contributed by atoms with Crippen LogP contribution >= 0.6 is 0 Å². The van der Waals surface area contributed by atoms with Crippen LogP contribution in [0.1, 0.15) is 24.0 Å². The molecular formula is C19H21NO2. The molecule has 2 atom stereocenters. The van der Waals surface area contributed by atoms with E-state index in [2.05, 4.69) is 6.58 Å². The van der Waals surface area contributed by atoms with Crippen molar-refractivity contribution in [1.82, 2.24) is 0 Å². The fourth-order valence-corrected chi connectivity index (χ4v) is 2.36. The Kier molecular flexibility index (Phi) is 5.37. The summed E-state index contributed by atoms with van der Waals surface area (Å²) in [6.07, 6.45) is 1.76. The highest BCUT2D eigenvalue weighted by Gasteiger charge is 2.21. The molecule has 0 aliphatic rings. The molecule has 0 unspecified atom stereocenters. The second-order valence-electron chi connectivity index (χ2n) is 5.30. The number of hydrogen-bond acceptors (Lipinski definition) is 2. The van der Waals surface area contributed by atoms with Crippen molar-refractivity contribution in [3.63, 3.8) is 0 Å². The van der Waals surface area contributed by atoms with Gasteiger partial charge in [0.05, 0.1) is 0 Å². The standard InChI is InChI=1S/C19H21NO2/c1-3-18(14(2)19(20)21)16-10-7-11-17(12-16)22-13-15-8-5-4-6-9-15/h3-12,14,18H,1,13H2,2H3,(H2,20,21)/t14-,18-/m1/s1. The summed E-state index contributed by atoms with van der Waals surface area (Å²) in [7, 11) is 0. The lowest BCUT2D eigenvalue weighted by Crippen LogP contribution is -2.25. The van der Waals surface area contributed by atoms with Crippen LogP contribution in [0, 0.1) is 5.92 Å². The van der Waals surface area contributed by atoms with E-state index in [1.165, 1.54) is 0 Å². The predicted molar refractivity (Wildman–Crippen MR) is 88.5 cm³/mol. The van der Waals surface area contributed by atoms with E-state index in [1.807, 2.05) is 61.5 Å². The lowest BCUT2D eigenvalue weighted by molar-refractivity contribution is -0.121. The van der Waals surface area contributed by atoms with Crippen LogP contribution in [-0.2, 0) is 11.4 Å². The summed E-state index contributed by atoms with van der Waals surface area (Å²) in [5.74, 6) is 0.0185. The van der Waals surface area contributed by atoms with Crippen LogP contribution in [0.5, 0.6) is 5.75 Å². The maximum atomic E-state index is 11.4. The van der Waals surface area contributed by atoms with Gasteiger partial charge < -0.3 is 10.5 Å². The molecule has 0 saturated heterocycles. The minimum Gasteiger partial charge on any atom is -0.489 e. The number of primary amides is 1. The Morgan fingerprint density at radius 1 is 1.23 bits per heavy atom. The van der Waals surface area contributed by atoms with Gasteiger partial charge in [0, 0.05) is 11.8 Å². The molecule has 2 aromatic rings. The number of benzene rings is 2. The number of allylic oxidation sites excluding steroid dienone is 1. The third-order valence-electron chi connectivity index (χ3n) is 3.73. The van der Waals surface area contributed by atoms with Gasteiger partial charge in [-0.25, -0.2) is 0 Å². The molecule has 0 bridgehead atoms. The van der Waals surface area contributed by atoms with Crippen molar-refractivity contribution in [2.75, 3.05) is 0 Å². The second kappa shape index (κ2) is 7.46. The zero-order valence-electron chi connectivity index (χ0n) is 12.7. The van der Waals surface area contributed by atoms with Crippen LogP contribution < -0.4 is 10.5 Å². The normalized spacial score (nSPS) is 13.1. The summed E-state index contributed by atoms with van der Waals surface area (Å²) in [6, 6.07) is 17.7. The molecule has 0 saturated carbocycles. The predicted octanol–water partition coefficient (Wildman–Crippen LogP) is 3.66. The Hall–Kier alpha value is -2.55. The summed E-state index contributed by atoms with van der Waals surface area (Å²) in [6.45, 7) is 6.14. The SMILES string of the molecule is C=C[C@@H](c1cccc(OCc2ccccc2)c1)[C@@H](C)C(N)=O. The highest BCUT2D eigenvalue weighted by atomic mass is 16.5. The quantitative estimate of drug-likeness (QED) is 0.793. The van der Waals surface area contributed by atoms with Gasteiger partial charge in [0.2, 0.25) is 5.91 Å². The summed E-state index contributed by atoms with van der Waals surface area (Å²) < 4.78 is 5.82. The Morgan fingerprint density at radius 3 is 2.59 bits per heavy atom. The van der Waals surface area contributed by atoms with Crippen LogP contribution in [0.4, 0.5) is 0 Å². The first-order valence-corrected chi connectivity index (χ1v) is 7.30. The Bertz CT molecular complexity index is 637. The number of rotatable bonds is 7. The molecule has 0 radical (unpaired) electrons. The molecule has 0 spiro atoms. The lowest BCUT2D eigenvalue weighted by Gasteiger charge is -2.19. The molecule has 22 heavy (non-hydrogen) atoms. The Labute approximate surface area is 131 Å². The summed E-state index contributed by atoms with van der Waals surface area (Å²) in [4.78, 5) is 11.4. The molecule has 1 amide bonds. The molecule has 3 nitrogen and oxygen atoms in total. The number of amides is 1. The van der Waals surface area contributed by atoms with Crippen LogP contribution in [0.15, 0.2) is 67.3 Å². The second-order valence-corrected chi connectivity index (χ2v) is 5.30. The van der Waals surface area contributed by atoms with Gasteiger partial charge in [-0.2, -0.15) is 0 Å². The lowest BCUT2D eigenvalue weighted by atomic mass is 9.87. The average Bonchev–Trinajstić information content (AvgIpc) is 2.55. The van der Waals surface area contributed by atoms with Gasteiger partial charge in [-0.15, -0.1) is 6.58 Å². The Balaban J connectivity index is 2.12. The van der Waals surface area contributed by atoms with Crippen molar-refractivity contribution in [3.8, 4) is 5.75 Å². The Morgan fingerprint density at radius 2 is 1.95 bits per heavy atom. The first-order valence-electron chi connectivity index (χ1n) is 7.30. The van der Waals surface area contributed by atoms with Crippen molar-refractivity contribution < 1.29 is 9.53 Å². The summed E-state index contributed by atoms with van der Waals surface area (Å²) in [5, 5.41) is 0. The fraction of sp³-hybridized carbons (Fsp3) is 0.211. The van der Waals surface area contributed by atoms with Crippen molar-refractivity contribution >= 4 is 5.91 Å². The zero-order valence-corrected chi connectivity index (χ0v) is 12.7. The van der Waals surface area contributed by atoms with E-state index in [-0.39, 0.29) is 17.7 Å². The number of nitrogens with two attached hydrogens (primary N) is 1. The highest BCUT2D eigenvalue weighted by Crippen LogP contribution is 2.28. The van der Waals surface area contributed by atoms with E-state index in [4.69, 9.17) is 10.5 Å². The minimum absolute atomic E-state index is 0.113. The van der Waals surface area contributed by atoms with Crippen molar-refractivity contribution in [3.05, 3.63) is 78.4 Å². The third-order valence-corrected chi connectivity index (χ3v) is 3.73. The molecule has 2 rings (SSSR count). The minimum atomic E-state index is -0.333. The van der Waals surface area contributed by atoms with Crippen LogP contribution in [-0.4, -0.2) is 5.91 Å². The van der Waals surface area contributed by atoms with Gasteiger partial charge in [0.25, 0.3) is 0 Å². The third kappa shape index (κ3) is 3.98. The van der Waals surface area contributed by atoms with E-state index in [0.29, 0.717) is 6.61 Å². The number of ether oxygens (including phenoxy) is 1. The molecule has 2 aromatic carbocycles. The fourth-order valence-electron chi connectivity index (χ4n) is 2.36. The zero-order chi connectivity index (χ0) is 15.9. The number of hydrogen-bond donors (Lipinski definition) is 1. The summed E-state index contributed by atoms with van der Waals surface area (Å²) >= 11 is 0. The molecule has 3 heteroatoms. The van der Waals surface area contributed by atoms with Gasteiger partial charge in [-0.3, -0.25) is 4.79 Å². The van der Waals surface area contributed by atoms with Crippen LogP contribution in [0.2, 0.25) is 0 Å². The van der Waals surface area contributed by atoms with E-state index in [9.17, 15) is 4.79 Å². The largest absolute Gasteiger partial charge is 0.489 e. The maximum Gasteiger partial charge on any atom is 0.221 e. The molecule has 0 fully saturated rings. The van der Waals surface area contributed by atoms with Gasteiger partial charge in [-0.1, -0.05) is 55.5 Å². The molecule has 0 heterocycles.